The number of carbonyl (C=O) groups excluding carboxylic acids is 2. The largest absolute Gasteiger partial charge is 0.503 e. The van der Waals surface area contributed by atoms with Crippen molar-refractivity contribution in [2.24, 2.45) is 0 Å². The van der Waals surface area contributed by atoms with E-state index in [0.717, 1.165) is 17.5 Å². The maximum absolute atomic E-state index is 13.1. The van der Waals surface area contributed by atoms with Gasteiger partial charge in [-0.15, -0.1) is 0 Å². The Hall–Kier alpha value is -3.18. The molecule has 0 saturated carbocycles. The molecule has 0 aliphatic carbocycles. The van der Waals surface area contributed by atoms with Crippen LogP contribution < -0.4 is 0 Å². The molecular formula is C27H31NO4. The zero-order chi connectivity index (χ0) is 23.1. The molecule has 1 aliphatic heterocycles. The first-order chi connectivity index (χ1) is 15.4. The Labute approximate surface area is 190 Å². The van der Waals surface area contributed by atoms with E-state index in [1.165, 1.54) is 11.6 Å². The number of rotatable bonds is 10. The summed E-state index contributed by atoms with van der Waals surface area (Å²) < 4.78 is 5.60. The molecule has 2 aromatic rings. The van der Waals surface area contributed by atoms with Gasteiger partial charge in [-0.3, -0.25) is 9.59 Å². The van der Waals surface area contributed by atoms with Gasteiger partial charge in [-0.1, -0.05) is 67.6 Å². The molecule has 0 spiro atoms. The molecule has 0 radical (unpaired) electrons. The Balaban J connectivity index is 1.90. The number of amides is 1. The molecule has 1 atom stereocenters. The van der Waals surface area contributed by atoms with Gasteiger partial charge in [0.15, 0.2) is 11.5 Å². The second-order valence-electron chi connectivity index (χ2n) is 8.14. The van der Waals surface area contributed by atoms with Gasteiger partial charge < -0.3 is 14.7 Å². The van der Waals surface area contributed by atoms with Crippen LogP contribution in [-0.4, -0.2) is 41.0 Å². The number of allylic oxidation sites excluding steroid dienone is 1. The minimum absolute atomic E-state index is 0.105. The third kappa shape index (κ3) is 5.54. The topological polar surface area (TPSA) is 66.8 Å². The maximum Gasteiger partial charge on any atom is 0.290 e. The van der Waals surface area contributed by atoms with Crippen molar-refractivity contribution in [1.82, 2.24) is 4.90 Å². The van der Waals surface area contributed by atoms with E-state index in [4.69, 9.17) is 4.74 Å². The fourth-order valence-electron chi connectivity index (χ4n) is 3.80. The maximum atomic E-state index is 13.1. The Morgan fingerprint density at radius 1 is 1.12 bits per heavy atom. The number of ketones is 1. The second-order valence-corrected chi connectivity index (χ2v) is 8.14. The number of benzene rings is 2. The summed E-state index contributed by atoms with van der Waals surface area (Å²) in [4.78, 5) is 27.6. The number of ether oxygens (including phenoxy) is 1. The first-order valence-electron chi connectivity index (χ1n) is 11.1. The van der Waals surface area contributed by atoms with Crippen molar-refractivity contribution in [3.05, 3.63) is 88.7 Å². The highest BCUT2D eigenvalue weighted by Crippen LogP contribution is 2.38. The van der Waals surface area contributed by atoms with Gasteiger partial charge in [0.2, 0.25) is 0 Å². The number of nitrogens with zero attached hydrogens (tertiary/aromatic N) is 1. The fraction of sp³-hybridized carbons (Fsp3) is 0.333. The zero-order valence-electron chi connectivity index (χ0n) is 19.0. The van der Waals surface area contributed by atoms with E-state index in [9.17, 15) is 14.7 Å². The van der Waals surface area contributed by atoms with E-state index in [-0.39, 0.29) is 17.5 Å². The van der Waals surface area contributed by atoms with Crippen molar-refractivity contribution in [2.45, 2.75) is 45.8 Å². The van der Waals surface area contributed by atoms with Crippen LogP contribution in [0.1, 0.15) is 49.9 Å². The lowest BCUT2D eigenvalue weighted by Crippen LogP contribution is -2.32. The molecule has 0 bridgehead atoms. The van der Waals surface area contributed by atoms with Gasteiger partial charge in [0.05, 0.1) is 17.7 Å². The van der Waals surface area contributed by atoms with Gasteiger partial charge in [-0.2, -0.15) is 0 Å². The predicted molar refractivity (Wildman–Crippen MR) is 126 cm³/mol. The quantitative estimate of drug-likeness (QED) is 0.421. The Bertz CT molecular complexity index is 990. The molecule has 1 aliphatic rings. The molecule has 1 amide bonds. The van der Waals surface area contributed by atoms with Crippen LogP contribution in [0.25, 0.3) is 6.08 Å². The van der Waals surface area contributed by atoms with Gasteiger partial charge in [0, 0.05) is 13.2 Å². The molecule has 1 heterocycles. The molecule has 5 nitrogen and oxygen atoms in total. The van der Waals surface area contributed by atoms with Gasteiger partial charge in [-0.25, -0.2) is 0 Å². The lowest BCUT2D eigenvalue weighted by atomic mass is 9.94. The Morgan fingerprint density at radius 2 is 1.81 bits per heavy atom. The molecule has 168 valence electrons. The number of aliphatic hydroxyl groups excluding tert-OH is 1. The van der Waals surface area contributed by atoms with Crippen LogP contribution in [0.3, 0.4) is 0 Å². The van der Waals surface area contributed by atoms with E-state index < -0.39 is 17.7 Å². The summed E-state index contributed by atoms with van der Waals surface area (Å²) in [6, 6.07) is 16.7. The Kier molecular flexibility index (Phi) is 8.01. The molecule has 3 rings (SSSR count). The summed E-state index contributed by atoms with van der Waals surface area (Å²) in [7, 11) is 0. The number of aliphatic hydroxyl groups is 1. The number of carbonyl (C=O) groups is 2. The third-order valence-corrected chi connectivity index (χ3v) is 5.49. The summed E-state index contributed by atoms with van der Waals surface area (Å²) in [5.74, 6) is -1.36. The van der Waals surface area contributed by atoms with Crippen molar-refractivity contribution in [3.8, 4) is 0 Å². The van der Waals surface area contributed by atoms with E-state index in [0.29, 0.717) is 19.6 Å². The average Bonchev–Trinajstić information content (AvgIpc) is 3.06. The minimum Gasteiger partial charge on any atom is -0.503 e. The molecule has 0 saturated heterocycles. The van der Waals surface area contributed by atoms with E-state index in [2.05, 4.69) is 6.92 Å². The van der Waals surface area contributed by atoms with E-state index >= 15 is 0 Å². The summed E-state index contributed by atoms with van der Waals surface area (Å²) in [5, 5.41) is 10.7. The van der Waals surface area contributed by atoms with Gasteiger partial charge in [-0.05, 0) is 49.5 Å². The van der Waals surface area contributed by atoms with E-state index in [1.807, 2.05) is 68.4 Å². The SMILES string of the molecule is CCc1ccc([C@H]2C(C(=O)/C=C/c3ccccc3)=C(O)C(=O)N2CCCOC(C)C)cc1. The molecule has 5 heteroatoms. The summed E-state index contributed by atoms with van der Waals surface area (Å²) in [6.07, 6.45) is 4.74. The van der Waals surface area contributed by atoms with Crippen molar-refractivity contribution >= 4 is 17.8 Å². The fourth-order valence-corrected chi connectivity index (χ4v) is 3.80. The zero-order valence-corrected chi connectivity index (χ0v) is 19.0. The van der Waals surface area contributed by atoms with Crippen LogP contribution in [0, 0.1) is 0 Å². The lowest BCUT2D eigenvalue weighted by molar-refractivity contribution is -0.129. The van der Waals surface area contributed by atoms with E-state index in [1.54, 1.807) is 11.0 Å². The first-order valence-corrected chi connectivity index (χ1v) is 11.1. The lowest BCUT2D eigenvalue weighted by Gasteiger charge is -2.27. The highest BCUT2D eigenvalue weighted by Gasteiger charge is 2.42. The summed E-state index contributed by atoms with van der Waals surface area (Å²) in [5.41, 5.74) is 2.97. The van der Waals surface area contributed by atoms with Crippen LogP contribution in [0.15, 0.2) is 72.0 Å². The van der Waals surface area contributed by atoms with Gasteiger partial charge in [0.1, 0.15) is 0 Å². The van der Waals surface area contributed by atoms with Crippen LogP contribution >= 0.6 is 0 Å². The molecule has 1 N–H and O–H groups in total. The highest BCUT2D eigenvalue weighted by atomic mass is 16.5. The molecule has 0 aromatic heterocycles. The average molecular weight is 434 g/mol. The van der Waals surface area contributed by atoms with Crippen molar-refractivity contribution in [2.75, 3.05) is 13.2 Å². The standard InChI is InChI=1S/C27H31NO4/c1-4-20-11-14-22(15-12-20)25-24(23(29)16-13-21-9-6-5-7-10-21)26(30)27(31)28(25)17-8-18-32-19(2)3/h5-7,9-16,19,25,30H,4,8,17-18H2,1-3H3/b16-13+/t25-/m0/s1. The number of aryl methyl sites for hydroxylation is 1. The first kappa shape index (κ1) is 23.5. The molecule has 0 unspecified atom stereocenters. The van der Waals surface area contributed by atoms with Crippen LogP contribution in [0.2, 0.25) is 0 Å². The predicted octanol–water partition coefficient (Wildman–Crippen LogP) is 5.04. The Morgan fingerprint density at radius 3 is 2.44 bits per heavy atom. The van der Waals surface area contributed by atoms with Gasteiger partial charge in [0.25, 0.3) is 5.91 Å². The smallest absolute Gasteiger partial charge is 0.290 e. The normalized spacial score (nSPS) is 16.6. The van der Waals surface area contributed by atoms with Crippen molar-refractivity contribution < 1.29 is 19.4 Å². The van der Waals surface area contributed by atoms with Crippen LogP contribution in [0.4, 0.5) is 0 Å². The summed E-state index contributed by atoms with van der Waals surface area (Å²) >= 11 is 0. The molecule has 32 heavy (non-hydrogen) atoms. The highest BCUT2D eigenvalue weighted by molar-refractivity contribution is 6.14. The molecule has 0 fully saturated rings. The summed E-state index contributed by atoms with van der Waals surface area (Å²) in [6.45, 7) is 6.88. The van der Waals surface area contributed by atoms with Gasteiger partial charge >= 0.3 is 0 Å². The third-order valence-electron chi connectivity index (χ3n) is 5.49. The van der Waals surface area contributed by atoms with Crippen LogP contribution in [-0.2, 0) is 20.7 Å². The van der Waals surface area contributed by atoms with Crippen molar-refractivity contribution in [3.63, 3.8) is 0 Å². The monoisotopic (exact) mass is 433 g/mol. The molecular weight excluding hydrogens is 402 g/mol. The van der Waals surface area contributed by atoms with Crippen LogP contribution in [0.5, 0.6) is 0 Å². The van der Waals surface area contributed by atoms with Crippen molar-refractivity contribution in [1.29, 1.82) is 0 Å². The molecule has 2 aromatic carbocycles. The second kappa shape index (κ2) is 10.9. The number of hydrogen-bond acceptors (Lipinski definition) is 4. The number of hydrogen-bond donors (Lipinski definition) is 1. The minimum atomic E-state index is -0.625.